The van der Waals surface area contributed by atoms with E-state index in [-0.39, 0.29) is 18.5 Å². The number of aromatic nitrogens is 1. The molecule has 5 aromatic rings. The quantitative estimate of drug-likeness (QED) is 0.0833. The van der Waals surface area contributed by atoms with Gasteiger partial charge in [-0.2, -0.15) is 0 Å². The highest BCUT2D eigenvalue weighted by Gasteiger charge is 2.32. The molecule has 7 N–H and O–H groups in total. The molecule has 4 amide bonds. The molecular formula is C37H34ClN5O8. The third kappa shape index (κ3) is 9.70. The number of fused-ring (bicyclic) bond motifs is 2. The summed E-state index contributed by atoms with van der Waals surface area (Å²) in [6, 6.07) is 23.4. The van der Waals surface area contributed by atoms with E-state index < -0.39 is 66.5 Å². The van der Waals surface area contributed by atoms with Gasteiger partial charge in [-0.15, -0.1) is 0 Å². The second-order valence-electron chi connectivity index (χ2n) is 11.8. The number of rotatable bonds is 15. The van der Waals surface area contributed by atoms with Gasteiger partial charge in [0, 0.05) is 34.5 Å². The number of carboxylic acids is 2. The van der Waals surface area contributed by atoms with Gasteiger partial charge in [-0.3, -0.25) is 28.8 Å². The first-order chi connectivity index (χ1) is 24.5. The Labute approximate surface area is 296 Å². The van der Waals surface area contributed by atoms with Gasteiger partial charge in [-0.1, -0.05) is 72.3 Å². The van der Waals surface area contributed by atoms with Gasteiger partial charge in [0.25, 0.3) is 5.91 Å². The molecule has 0 spiro atoms. The van der Waals surface area contributed by atoms with Crippen LogP contribution in [0.1, 0.15) is 35.3 Å². The molecule has 0 fully saturated rings. The SMILES string of the molecule is O=C(O)CC[C@H](NC(=O)[C@H](CC(=O)O)NC(=O)[C@H](Cc1cccc2ccccc12)NC(=O)c1cc2cc(Cl)ccc2[nH]1)C(=O)Nc1ccccc1. The largest absolute Gasteiger partial charge is 0.481 e. The van der Waals surface area contributed by atoms with Gasteiger partial charge in [0.05, 0.1) is 6.42 Å². The maximum Gasteiger partial charge on any atom is 0.305 e. The number of nitrogens with one attached hydrogen (secondary N) is 5. The van der Waals surface area contributed by atoms with E-state index >= 15 is 0 Å². The van der Waals surface area contributed by atoms with Gasteiger partial charge in [-0.25, -0.2) is 0 Å². The van der Waals surface area contributed by atoms with E-state index in [2.05, 4.69) is 26.3 Å². The first-order valence-electron chi connectivity index (χ1n) is 15.9. The standard InChI is InChI=1S/C37H34ClN5O8/c38-24-13-14-27-23(17-24)19-29(40-27)35(49)42-30(18-22-9-6-8-21-7-4-5-12-26(21)22)36(50)43-31(20-33(46)47)37(51)41-28(15-16-32(44)45)34(48)39-25-10-2-1-3-11-25/h1-14,17,19,28,30-31,40H,15-16,18,20H2,(H,39,48)(H,41,51)(H,42,49)(H,43,50)(H,44,45)(H,46,47)/t28-,30-,31-/m0/s1. The zero-order valence-corrected chi connectivity index (χ0v) is 27.8. The number of hydrogen-bond donors (Lipinski definition) is 7. The molecule has 0 aliphatic heterocycles. The first-order valence-corrected chi connectivity index (χ1v) is 16.3. The van der Waals surface area contributed by atoms with Crippen molar-refractivity contribution < 1.29 is 39.0 Å². The molecule has 1 aromatic heterocycles. The van der Waals surface area contributed by atoms with E-state index in [1.54, 1.807) is 66.7 Å². The van der Waals surface area contributed by atoms with Crippen molar-refractivity contribution >= 4 is 74.5 Å². The number of halogens is 1. The van der Waals surface area contributed by atoms with Crippen molar-refractivity contribution in [3.8, 4) is 0 Å². The maximum absolute atomic E-state index is 14.0. The van der Waals surface area contributed by atoms with Crippen molar-refractivity contribution in [3.05, 3.63) is 113 Å². The summed E-state index contributed by atoms with van der Waals surface area (Å²) < 4.78 is 0. The highest BCUT2D eigenvalue weighted by molar-refractivity contribution is 6.31. The fraction of sp³-hybridized carbons (Fsp3) is 0.189. The van der Waals surface area contributed by atoms with Gasteiger partial charge in [0.15, 0.2) is 0 Å². The Hall–Kier alpha value is -6.21. The topological polar surface area (TPSA) is 207 Å². The van der Waals surface area contributed by atoms with E-state index in [1.807, 2.05) is 30.3 Å². The lowest BCUT2D eigenvalue weighted by molar-refractivity contribution is -0.141. The molecule has 0 radical (unpaired) electrons. The summed E-state index contributed by atoms with van der Waals surface area (Å²) in [5.41, 5.74) is 1.85. The summed E-state index contributed by atoms with van der Waals surface area (Å²) in [4.78, 5) is 80.3. The van der Waals surface area contributed by atoms with E-state index in [4.69, 9.17) is 11.6 Å². The molecular weight excluding hydrogens is 678 g/mol. The van der Waals surface area contributed by atoms with Crippen molar-refractivity contribution in [1.29, 1.82) is 0 Å². The normalized spacial score (nSPS) is 12.7. The summed E-state index contributed by atoms with van der Waals surface area (Å²) in [5, 5.41) is 31.9. The van der Waals surface area contributed by atoms with Crippen LogP contribution >= 0.6 is 11.6 Å². The highest BCUT2D eigenvalue weighted by atomic mass is 35.5. The van der Waals surface area contributed by atoms with Crippen molar-refractivity contribution in [3.63, 3.8) is 0 Å². The minimum absolute atomic E-state index is 0.0346. The van der Waals surface area contributed by atoms with Crippen molar-refractivity contribution in [2.75, 3.05) is 5.32 Å². The Bertz CT molecular complexity index is 2100. The van der Waals surface area contributed by atoms with Crippen LogP contribution in [0.5, 0.6) is 0 Å². The van der Waals surface area contributed by atoms with Crippen LogP contribution in [0.2, 0.25) is 5.02 Å². The predicted octanol–water partition coefficient (Wildman–Crippen LogP) is 4.26. The number of carboxylic acid groups (broad SMARTS) is 2. The molecule has 13 nitrogen and oxygen atoms in total. The molecule has 14 heteroatoms. The predicted molar refractivity (Wildman–Crippen MR) is 190 cm³/mol. The molecule has 0 saturated carbocycles. The van der Waals surface area contributed by atoms with E-state index in [1.165, 1.54) is 0 Å². The van der Waals surface area contributed by atoms with E-state index in [0.29, 0.717) is 27.2 Å². The van der Waals surface area contributed by atoms with Crippen molar-refractivity contribution in [1.82, 2.24) is 20.9 Å². The summed E-state index contributed by atoms with van der Waals surface area (Å²) in [5.74, 6) is -5.94. The average molecular weight is 712 g/mol. The zero-order chi connectivity index (χ0) is 36.5. The van der Waals surface area contributed by atoms with Gasteiger partial charge >= 0.3 is 11.9 Å². The molecule has 0 aliphatic rings. The second-order valence-corrected chi connectivity index (χ2v) is 12.2. The van der Waals surface area contributed by atoms with Gasteiger partial charge in [0.2, 0.25) is 17.7 Å². The summed E-state index contributed by atoms with van der Waals surface area (Å²) >= 11 is 6.11. The molecule has 262 valence electrons. The Kier molecular flexibility index (Phi) is 11.6. The highest BCUT2D eigenvalue weighted by Crippen LogP contribution is 2.22. The Morgan fingerprint density at radius 3 is 2.10 bits per heavy atom. The maximum atomic E-state index is 14.0. The lowest BCUT2D eigenvalue weighted by Crippen LogP contribution is -2.57. The number of carbonyl (C=O) groups is 6. The summed E-state index contributed by atoms with van der Waals surface area (Å²) in [7, 11) is 0. The number of para-hydroxylation sites is 1. The molecule has 0 bridgehead atoms. The van der Waals surface area contributed by atoms with Crippen LogP contribution in [0.4, 0.5) is 5.69 Å². The van der Waals surface area contributed by atoms with Crippen LogP contribution in [0.25, 0.3) is 21.7 Å². The minimum Gasteiger partial charge on any atom is -0.481 e. The van der Waals surface area contributed by atoms with Gasteiger partial charge in [-0.05, 0) is 59.2 Å². The number of hydrogen-bond acceptors (Lipinski definition) is 6. The van der Waals surface area contributed by atoms with Crippen LogP contribution in [0.3, 0.4) is 0 Å². The fourth-order valence-corrected chi connectivity index (χ4v) is 5.76. The second kappa shape index (κ2) is 16.5. The van der Waals surface area contributed by atoms with E-state index in [9.17, 15) is 39.0 Å². The molecule has 5 rings (SSSR count). The lowest BCUT2D eigenvalue weighted by Gasteiger charge is -2.25. The molecule has 0 saturated heterocycles. The zero-order valence-electron chi connectivity index (χ0n) is 27.0. The smallest absolute Gasteiger partial charge is 0.305 e. The van der Waals surface area contributed by atoms with Gasteiger partial charge in [0.1, 0.15) is 23.8 Å². The molecule has 0 unspecified atom stereocenters. The monoisotopic (exact) mass is 711 g/mol. The van der Waals surface area contributed by atoms with Crippen LogP contribution < -0.4 is 21.3 Å². The number of aromatic amines is 1. The number of benzene rings is 4. The lowest BCUT2D eigenvalue weighted by atomic mass is 9.98. The van der Waals surface area contributed by atoms with Crippen LogP contribution in [-0.2, 0) is 30.4 Å². The average Bonchev–Trinajstić information content (AvgIpc) is 3.53. The Balaban J connectivity index is 1.40. The summed E-state index contributed by atoms with van der Waals surface area (Å²) in [6.07, 6.45) is -1.71. The first kappa shape index (κ1) is 36.1. The molecule has 0 aliphatic carbocycles. The third-order valence-electron chi connectivity index (χ3n) is 8.09. The molecule has 4 aromatic carbocycles. The Morgan fingerprint density at radius 1 is 0.667 bits per heavy atom. The van der Waals surface area contributed by atoms with Crippen LogP contribution in [0.15, 0.2) is 97.1 Å². The number of amides is 4. The number of H-pyrrole nitrogens is 1. The van der Waals surface area contributed by atoms with Crippen molar-refractivity contribution in [2.45, 2.75) is 43.8 Å². The molecule has 3 atom stereocenters. The minimum atomic E-state index is -1.70. The third-order valence-corrected chi connectivity index (χ3v) is 8.32. The number of aliphatic carboxylic acids is 2. The van der Waals surface area contributed by atoms with Crippen LogP contribution in [0, 0.1) is 0 Å². The van der Waals surface area contributed by atoms with Crippen LogP contribution in [-0.4, -0.2) is 68.9 Å². The van der Waals surface area contributed by atoms with E-state index in [0.717, 1.165) is 10.8 Å². The number of anilines is 1. The number of carbonyl (C=O) groups excluding carboxylic acids is 4. The van der Waals surface area contributed by atoms with Gasteiger partial charge < -0.3 is 36.5 Å². The van der Waals surface area contributed by atoms with Crippen molar-refractivity contribution in [2.24, 2.45) is 0 Å². The summed E-state index contributed by atoms with van der Waals surface area (Å²) in [6.45, 7) is 0. The fourth-order valence-electron chi connectivity index (χ4n) is 5.58. The Morgan fingerprint density at radius 2 is 1.35 bits per heavy atom. The molecule has 1 heterocycles. The molecule has 51 heavy (non-hydrogen) atoms.